The Balaban J connectivity index is 2.07. The predicted octanol–water partition coefficient (Wildman–Crippen LogP) is 3.05. The topological polar surface area (TPSA) is 69.2 Å². The van der Waals surface area contributed by atoms with Gasteiger partial charge >= 0.3 is 12.0 Å². The average Bonchev–Trinajstić information content (AvgIpc) is 2.46. The van der Waals surface area contributed by atoms with Gasteiger partial charge in [-0.15, -0.1) is 4.98 Å². The van der Waals surface area contributed by atoms with Crippen molar-refractivity contribution < 1.29 is 9.47 Å². The van der Waals surface area contributed by atoms with Gasteiger partial charge in [0.25, 0.3) is 0 Å². The molecule has 2 rings (SSSR count). The number of nitrogens with one attached hydrogen (secondary N) is 1. The minimum Gasteiger partial charge on any atom is -0.461 e. The number of rotatable bonds is 6. The lowest BCUT2D eigenvalue weighted by molar-refractivity contribution is 0.109. The van der Waals surface area contributed by atoms with Gasteiger partial charge in [-0.25, -0.2) is 0 Å². The molecule has 1 heterocycles. The molecule has 2 atom stereocenters. The maximum absolute atomic E-state index is 5.97. The van der Waals surface area contributed by atoms with Crippen LogP contribution >= 0.6 is 0 Å². The fourth-order valence-corrected chi connectivity index (χ4v) is 2.63. The van der Waals surface area contributed by atoms with Crippen LogP contribution in [0.1, 0.15) is 52.9 Å². The molecule has 21 heavy (non-hydrogen) atoms. The standard InChI is InChI=1S/C15H26N4O2/c1-5-11-7-6-8-12(9-11)21-15-18-13(16-4)17-14(19-15)20-10(2)3/h10-12H,5-9H2,1-4H3,(H,16,17,18,19). The molecule has 1 aromatic heterocycles. The summed E-state index contributed by atoms with van der Waals surface area (Å²) in [5.41, 5.74) is 0. The third-order valence-corrected chi connectivity index (χ3v) is 3.74. The molecular weight excluding hydrogens is 268 g/mol. The Morgan fingerprint density at radius 2 is 1.95 bits per heavy atom. The molecule has 0 aliphatic heterocycles. The molecule has 1 fully saturated rings. The van der Waals surface area contributed by atoms with Crippen molar-refractivity contribution in [1.82, 2.24) is 15.0 Å². The Morgan fingerprint density at radius 1 is 1.19 bits per heavy atom. The van der Waals surface area contributed by atoms with Crippen molar-refractivity contribution in [3.8, 4) is 12.0 Å². The lowest BCUT2D eigenvalue weighted by Crippen LogP contribution is -2.26. The van der Waals surface area contributed by atoms with Crippen LogP contribution in [0.15, 0.2) is 0 Å². The fourth-order valence-electron chi connectivity index (χ4n) is 2.63. The molecule has 1 N–H and O–H groups in total. The molecular formula is C15H26N4O2. The number of ether oxygens (including phenoxy) is 2. The Hall–Kier alpha value is -1.59. The summed E-state index contributed by atoms with van der Waals surface area (Å²) < 4.78 is 11.5. The summed E-state index contributed by atoms with van der Waals surface area (Å²) in [7, 11) is 1.77. The zero-order valence-electron chi connectivity index (χ0n) is 13.4. The molecule has 1 aromatic rings. The van der Waals surface area contributed by atoms with Crippen LogP contribution in [-0.4, -0.2) is 34.2 Å². The van der Waals surface area contributed by atoms with Crippen LogP contribution in [0.4, 0.5) is 5.95 Å². The molecule has 6 nitrogen and oxygen atoms in total. The van der Waals surface area contributed by atoms with Gasteiger partial charge in [0.15, 0.2) is 0 Å². The second kappa shape index (κ2) is 7.43. The first kappa shape index (κ1) is 15.8. The molecule has 0 aromatic carbocycles. The first-order chi connectivity index (χ1) is 10.1. The van der Waals surface area contributed by atoms with Gasteiger partial charge in [-0.05, 0) is 39.0 Å². The Labute approximate surface area is 126 Å². The molecule has 0 radical (unpaired) electrons. The van der Waals surface area contributed by atoms with Gasteiger partial charge < -0.3 is 14.8 Å². The molecule has 1 aliphatic carbocycles. The van der Waals surface area contributed by atoms with E-state index >= 15 is 0 Å². The van der Waals surface area contributed by atoms with Crippen molar-refractivity contribution in [3.63, 3.8) is 0 Å². The van der Waals surface area contributed by atoms with E-state index in [2.05, 4.69) is 27.2 Å². The third kappa shape index (κ3) is 4.72. The van der Waals surface area contributed by atoms with Gasteiger partial charge in [-0.2, -0.15) is 9.97 Å². The van der Waals surface area contributed by atoms with E-state index in [9.17, 15) is 0 Å². The van der Waals surface area contributed by atoms with Crippen LogP contribution in [0.3, 0.4) is 0 Å². The van der Waals surface area contributed by atoms with Crippen LogP contribution in [0.2, 0.25) is 0 Å². The predicted molar refractivity (Wildman–Crippen MR) is 81.8 cm³/mol. The summed E-state index contributed by atoms with van der Waals surface area (Å²) in [4.78, 5) is 12.7. The summed E-state index contributed by atoms with van der Waals surface area (Å²) in [6, 6.07) is 0.661. The number of nitrogens with zero attached hydrogens (tertiary/aromatic N) is 3. The van der Waals surface area contributed by atoms with E-state index in [0.717, 1.165) is 18.8 Å². The molecule has 6 heteroatoms. The second-order valence-electron chi connectivity index (χ2n) is 5.82. The molecule has 1 saturated carbocycles. The van der Waals surface area contributed by atoms with E-state index in [4.69, 9.17) is 9.47 Å². The number of aromatic nitrogens is 3. The van der Waals surface area contributed by atoms with Gasteiger partial charge in [0.05, 0.1) is 6.10 Å². The highest BCUT2D eigenvalue weighted by molar-refractivity contribution is 5.26. The van der Waals surface area contributed by atoms with Crippen molar-refractivity contribution in [1.29, 1.82) is 0 Å². The highest BCUT2D eigenvalue weighted by atomic mass is 16.5. The number of hydrogen-bond acceptors (Lipinski definition) is 6. The van der Waals surface area contributed by atoms with Crippen molar-refractivity contribution in [2.24, 2.45) is 5.92 Å². The summed E-state index contributed by atoms with van der Waals surface area (Å²) in [5, 5.41) is 2.92. The van der Waals surface area contributed by atoms with Crippen molar-refractivity contribution in [2.45, 2.75) is 65.1 Å². The first-order valence-corrected chi connectivity index (χ1v) is 7.87. The summed E-state index contributed by atoms with van der Waals surface area (Å²) >= 11 is 0. The summed E-state index contributed by atoms with van der Waals surface area (Å²) in [5.74, 6) is 1.22. The highest BCUT2D eigenvalue weighted by Gasteiger charge is 2.23. The SMILES string of the molecule is CCC1CCCC(Oc2nc(NC)nc(OC(C)C)n2)C1. The third-order valence-electron chi connectivity index (χ3n) is 3.74. The van der Waals surface area contributed by atoms with Gasteiger partial charge in [-0.1, -0.05) is 19.8 Å². The Morgan fingerprint density at radius 3 is 2.62 bits per heavy atom. The van der Waals surface area contributed by atoms with Gasteiger partial charge in [0.1, 0.15) is 6.10 Å². The minimum absolute atomic E-state index is 0.0177. The average molecular weight is 294 g/mol. The van der Waals surface area contributed by atoms with Crippen LogP contribution in [0.5, 0.6) is 12.0 Å². The van der Waals surface area contributed by atoms with Crippen molar-refractivity contribution in [3.05, 3.63) is 0 Å². The Bertz CT molecular complexity index is 453. The van der Waals surface area contributed by atoms with Crippen LogP contribution in [-0.2, 0) is 0 Å². The van der Waals surface area contributed by atoms with Crippen molar-refractivity contribution in [2.75, 3.05) is 12.4 Å². The number of anilines is 1. The molecule has 0 amide bonds. The largest absolute Gasteiger partial charge is 0.461 e. The minimum atomic E-state index is 0.0177. The maximum atomic E-state index is 5.97. The normalized spacial score (nSPS) is 22.1. The molecule has 1 aliphatic rings. The summed E-state index contributed by atoms with van der Waals surface area (Å²) in [6.07, 6.45) is 6.08. The van der Waals surface area contributed by atoms with Gasteiger partial charge in [0.2, 0.25) is 5.95 Å². The van der Waals surface area contributed by atoms with Crippen LogP contribution < -0.4 is 14.8 Å². The zero-order chi connectivity index (χ0) is 15.2. The lowest BCUT2D eigenvalue weighted by Gasteiger charge is -2.28. The van der Waals surface area contributed by atoms with Crippen LogP contribution in [0.25, 0.3) is 0 Å². The quantitative estimate of drug-likeness (QED) is 0.869. The lowest BCUT2D eigenvalue weighted by atomic mass is 9.86. The monoisotopic (exact) mass is 294 g/mol. The summed E-state index contributed by atoms with van der Waals surface area (Å²) in [6.45, 7) is 6.12. The fraction of sp³-hybridized carbons (Fsp3) is 0.800. The van der Waals surface area contributed by atoms with Gasteiger partial charge in [0, 0.05) is 7.05 Å². The van der Waals surface area contributed by atoms with E-state index in [1.54, 1.807) is 7.05 Å². The van der Waals surface area contributed by atoms with Gasteiger partial charge in [-0.3, -0.25) is 0 Å². The van der Waals surface area contributed by atoms with Crippen molar-refractivity contribution >= 4 is 5.95 Å². The molecule has 0 saturated heterocycles. The maximum Gasteiger partial charge on any atom is 0.324 e. The van der Waals surface area contributed by atoms with E-state index < -0.39 is 0 Å². The molecule has 0 spiro atoms. The highest BCUT2D eigenvalue weighted by Crippen LogP contribution is 2.29. The molecule has 118 valence electrons. The zero-order valence-corrected chi connectivity index (χ0v) is 13.4. The van der Waals surface area contributed by atoms with E-state index in [0.29, 0.717) is 18.0 Å². The Kier molecular flexibility index (Phi) is 5.59. The van der Waals surface area contributed by atoms with Crippen LogP contribution in [0, 0.1) is 5.92 Å². The van der Waals surface area contributed by atoms with E-state index in [1.165, 1.54) is 19.3 Å². The van der Waals surface area contributed by atoms with E-state index in [1.807, 2.05) is 13.8 Å². The number of hydrogen-bond donors (Lipinski definition) is 1. The molecule has 2 unspecified atom stereocenters. The molecule has 0 bridgehead atoms. The smallest absolute Gasteiger partial charge is 0.324 e. The van der Waals surface area contributed by atoms with E-state index in [-0.39, 0.29) is 12.2 Å². The first-order valence-electron chi connectivity index (χ1n) is 7.87. The second-order valence-corrected chi connectivity index (χ2v) is 5.82.